The standard InChI is InChI=1S/C21H21N3O3S/c1-13-8-16-14(9-22)4-3-5-19(16)24(13)21(26)23-10-17(15-6-7-28-12-15)18(11-23)20(25)27-2/h3-7,12-13,17-18H,8,10-11H2,1-2H3/t13?,17-,18+/m0/s1. The maximum Gasteiger partial charge on any atom is 0.324 e. The first-order chi connectivity index (χ1) is 13.5. The highest BCUT2D eigenvalue weighted by atomic mass is 32.1. The maximum atomic E-state index is 13.4. The lowest BCUT2D eigenvalue weighted by Crippen LogP contribution is -2.45. The van der Waals surface area contributed by atoms with Gasteiger partial charge >= 0.3 is 12.0 Å². The van der Waals surface area contributed by atoms with Gasteiger partial charge in [-0.05, 0) is 53.4 Å². The number of likely N-dealkylation sites (tertiary alicyclic amines) is 1. The molecule has 0 aliphatic carbocycles. The highest BCUT2D eigenvalue weighted by Gasteiger charge is 2.44. The minimum absolute atomic E-state index is 0.0335. The van der Waals surface area contributed by atoms with Gasteiger partial charge < -0.3 is 9.64 Å². The van der Waals surface area contributed by atoms with Crippen LogP contribution in [0.1, 0.15) is 29.5 Å². The van der Waals surface area contributed by atoms with Crippen molar-refractivity contribution in [1.82, 2.24) is 4.90 Å². The van der Waals surface area contributed by atoms with Crippen molar-refractivity contribution >= 4 is 29.0 Å². The van der Waals surface area contributed by atoms with Crippen molar-refractivity contribution in [3.8, 4) is 6.07 Å². The zero-order valence-corrected chi connectivity index (χ0v) is 16.6. The Morgan fingerprint density at radius 1 is 1.29 bits per heavy atom. The molecule has 3 heterocycles. The minimum Gasteiger partial charge on any atom is -0.469 e. The topological polar surface area (TPSA) is 73.6 Å². The molecule has 6 nitrogen and oxygen atoms in total. The highest BCUT2D eigenvalue weighted by Crippen LogP contribution is 2.39. The number of esters is 1. The third kappa shape index (κ3) is 2.94. The van der Waals surface area contributed by atoms with E-state index in [1.165, 1.54) is 7.11 Å². The Morgan fingerprint density at radius 2 is 2.11 bits per heavy atom. The first kappa shape index (κ1) is 18.5. The van der Waals surface area contributed by atoms with Gasteiger partial charge in [0.1, 0.15) is 0 Å². The van der Waals surface area contributed by atoms with E-state index in [4.69, 9.17) is 4.74 Å². The molecule has 28 heavy (non-hydrogen) atoms. The number of urea groups is 1. The van der Waals surface area contributed by atoms with E-state index >= 15 is 0 Å². The van der Waals surface area contributed by atoms with Gasteiger partial charge in [0.15, 0.2) is 0 Å². The van der Waals surface area contributed by atoms with Gasteiger partial charge in [-0.2, -0.15) is 16.6 Å². The second kappa shape index (κ2) is 7.28. The van der Waals surface area contributed by atoms with E-state index in [0.717, 1.165) is 16.8 Å². The summed E-state index contributed by atoms with van der Waals surface area (Å²) in [6, 6.07) is 9.56. The van der Waals surface area contributed by atoms with Crippen molar-refractivity contribution in [2.45, 2.75) is 25.3 Å². The predicted molar refractivity (Wildman–Crippen MR) is 106 cm³/mol. The fourth-order valence-corrected chi connectivity index (χ4v) is 5.09. The average molecular weight is 395 g/mol. The summed E-state index contributed by atoms with van der Waals surface area (Å²) in [4.78, 5) is 29.3. The molecule has 7 heteroatoms. The Hall–Kier alpha value is -2.85. The van der Waals surface area contributed by atoms with Crippen molar-refractivity contribution in [3.05, 3.63) is 51.7 Å². The zero-order chi connectivity index (χ0) is 19.8. The molecule has 0 spiro atoms. The van der Waals surface area contributed by atoms with E-state index in [1.807, 2.05) is 35.9 Å². The zero-order valence-electron chi connectivity index (χ0n) is 15.8. The molecular weight excluding hydrogens is 374 g/mol. The second-order valence-electron chi connectivity index (χ2n) is 7.32. The number of nitriles is 1. The summed E-state index contributed by atoms with van der Waals surface area (Å²) in [6.07, 6.45) is 0.660. The highest BCUT2D eigenvalue weighted by molar-refractivity contribution is 7.08. The molecule has 4 rings (SSSR count). The normalized spacial score (nSPS) is 23.4. The van der Waals surface area contributed by atoms with Crippen LogP contribution in [0.2, 0.25) is 0 Å². The second-order valence-corrected chi connectivity index (χ2v) is 8.10. The van der Waals surface area contributed by atoms with Gasteiger partial charge in [0, 0.05) is 25.0 Å². The van der Waals surface area contributed by atoms with Crippen LogP contribution in [0.5, 0.6) is 0 Å². The van der Waals surface area contributed by atoms with Crippen molar-refractivity contribution < 1.29 is 14.3 Å². The molecule has 2 aromatic rings. The number of anilines is 1. The molecule has 2 aliphatic heterocycles. The fourth-order valence-electron chi connectivity index (χ4n) is 4.36. The summed E-state index contributed by atoms with van der Waals surface area (Å²) < 4.78 is 5.00. The Balaban J connectivity index is 1.63. The van der Waals surface area contributed by atoms with Gasteiger partial charge in [0.2, 0.25) is 0 Å². The third-order valence-corrected chi connectivity index (χ3v) is 6.44. The number of benzene rings is 1. The number of rotatable bonds is 2. The summed E-state index contributed by atoms with van der Waals surface area (Å²) in [6.45, 7) is 2.80. The summed E-state index contributed by atoms with van der Waals surface area (Å²) >= 11 is 1.58. The van der Waals surface area contributed by atoms with E-state index in [1.54, 1.807) is 27.2 Å². The van der Waals surface area contributed by atoms with Crippen LogP contribution >= 0.6 is 11.3 Å². The van der Waals surface area contributed by atoms with Crippen LogP contribution in [-0.4, -0.2) is 43.1 Å². The quantitative estimate of drug-likeness (QED) is 0.731. The maximum absolute atomic E-state index is 13.4. The van der Waals surface area contributed by atoms with Crippen molar-refractivity contribution in [1.29, 1.82) is 5.26 Å². The van der Waals surface area contributed by atoms with Crippen molar-refractivity contribution in [2.75, 3.05) is 25.1 Å². The van der Waals surface area contributed by atoms with Crippen LogP contribution in [0, 0.1) is 17.2 Å². The molecule has 144 valence electrons. The first-order valence-corrected chi connectivity index (χ1v) is 10.2. The lowest BCUT2D eigenvalue weighted by Gasteiger charge is -2.28. The summed E-state index contributed by atoms with van der Waals surface area (Å²) in [5, 5.41) is 13.4. The number of hydrogen-bond donors (Lipinski definition) is 0. The molecular formula is C21H21N3O3S. The first-order valence-electron chi connectivity index (χ1n) is 9.25. The van der Waals surface area contributed by atoms with Gasteiger partial charge in [-0.25, -0.2) is 4.79 Å². The molecule has 0 bridgehead atoms. The molecule has 1 unspecified atom stereocenters. The Morgan fingerprint density at radius 3 is 2.79 bits per heavy atom. The van der Waals surface area contributed by atoms with Crippen molar-refractivity contribution in [2.24, 2.45) is 5.92 Å². The summed E-state index contributed by atoms with van der Waals surface area (Å²) in [5.41, 5.74) is 3.40. The monoisotopic (exact) mass is 395 g/mol. The van der Waals surface area contributed by atoms with Gasteiger partial charge in [-0.3, -0.25) is 9.69 Å². The summed E-state index contributed by atoms with van der Waals surface area (Å²) in [5.74, 6) is -0.718. The van der Waals surface area contributed by atoms with E-state index < -0.39 is 0 Å². The van der Waals surface area contributed by atoms with Crippen LogP contribution in [0.4, 0.5) is 10.5 Å². The largest absolute Gasteiger partial charge is 0.469 e. The lowest BCUT2D eigenvalue weighted by molar-refractivity contribution is -0.145. The van der Waals surface area contributed by atoms with Gasteiger partial charge in [-0.15, -0.1) is 0 Å². The smallest absolute Gasteiger partial charge is 0.324 e. The number of hydrogen-bond acceptors (Lipinski definition) is 5. The molecule has 2 aliphatic rings. The number of amides is 2. The van der Waals surface area contributed by atoms with E-state index in [-0.39, 0.29) is 29.9 Å². The molecule has 0 saturated carbocycles. The Kier molecular flexibility index (Phi) is 4.82. The van der Waals surface area contributed by atoms with Crippen LogP contribution in [0.25, 0.3) is 0 Å². The SMILES string of the molecule is COC(=O)[C@@H]1CN(C(=O)N2c3cccc(C#N)c3CC2C)C[C@H]1c1ccsc1. The molecule has 2 amide bonds. The number of thiophene rings is 1. The predicted octanol–water partition coefficient (Wildman–Crippen LogP) is 3.38. The molecule has 0 N–H and O–H groups in total. The molecule has 3 atom stereocenters. The van der Waals surface area contributed by atoms with Gasteiger partial charge in [0.05, 0.1) is 30.3 Å². The third-order valence-electron chi connectivity index (χ3n) is 5.74. The number of methoxy groups -OCH3 is 1. The fraction of sp³-hybridized carbons (Fsp3) is 0.381. The number of ether oxygens (including phenoxy) is 1. The van der Waals surface area contributed by atoms with Gasteiger partial charge in [0.25, 0.3) is 0 Å². The Labute approximate surface area is 167 Å². The van der Waals surface area contributed by atoms with Gasteiger partial charge in [-0.1, -0.05) is 6.07 Å². The molecule has 1 fully saturated rings. The summed E-state index contributed by atoms with van der Waals surface area (Å²) in [7, 11) is 1.39. The Bertz CT molecular complexity index is 950. The molecule has 1 aromatic carbocycles. The van der Waals surface area contributed by atoms with Crippen LogP contribution < -0.4 is 4.90 Å². The van der Waals surface area contributed by atoms with E-state index in [9.17, 15) is 14.9 Å². The lowest BCUT2D eigenvalue weighted by atomic mass is 9.91. The number of carbonyl (C=O) groups excluding carboxylic acids is 2. The van der Waals surface area contributed by atoms with E-state index in [0.29, 0.717) is 25.1 Å². The van der Waals surface area contributed by atoms with E-state index in [2.05, 4.69) is 6.07 Å². The average Bonchev–Trinajstić information content (AvgIpc) is 3.43. The van der Waals surface area contributed by atoms with Crippen molar-refractivity contribution in [3.63, 3.8) is 0 Å². The number of carbonyl (C=O) groups is 2. The molecule has 0 radical (unpaired) electrons. The van der Waals surface area contributed by atoms with Crippen LogP contribution in [0.15, 0.2) is 35.0 Å². The minimum atomic E-state index is -0.369. The number of fused-ring (bicyclic) bond motifs is 1. The molecule has 1 saturated heterocycles. The number of nitrogens with zero attached hydrogens (tertiary/aromatic N) is 3. The molecule has 1 aromatic heterocycles. The van der Waals surface area contributed by atoms with Crippen LogP contribution in [0.3, 0.4) is 0 Å². The van der Waals surface area contributed by atoms with Crippen LogP contribution in [-0.2, 0) is 16.0 Å².